The first-order chi connectivity index (χ1) is 7.60. The number of hydrogen-bond donors (Lipinski definition) is 0. The lowest BCUT2D eigenvalue weighted by Crippen LogP contribution is -2.08. The van der Waals surface area contributed by atoms with Crippen LogP contribution in [0.15, 0.2) is 12.3 Å². The molecule has 0 radical (unpaired) electrons. The molecular formula is C10H11F2NO3. The summed E-state index contributed by atoms with van der Waals surface area (Å²) >= 11 is 0. The average Bonchev–Trinajstić information content (AvgIpc) is 2.28. The van der Waals surface area contributed by atoms with E-state index in [9.17, 15) is 13.6 Å². The molecule has 0 atom stereocenters. The summed E-state index contributed by atoms with van der Waals surface area (Å²) in [6.07, 6.45) is -1.66. The maximum Gasteiger partial charge on any atom is 0.310 e. The van der Waals surface area contributed by atoms with Crippen LogP contribution in [0.1, 0.15) is 17.7 Å². The van der Waals surface area contributed by atoms with Crippen molar-refractivity contribution in [2.24, 2.45) is 0 Å². The van der Waals surface area contributed by atoms with Crippen LogP contribution in [0.5, 0.6) is 5.75 Å². The summed E-state index contributed by atoms with van der Waals surface area (Å²) < 4.78 is 34.4. The number of halogens is 2. The van der Waals surface area contributed by atoms with Crippen molar-refractivity contribution in [3.8, 4) is 5.75 Å². The van der Waals surface area contributed by atoms with Gasteiger partial charge >= 0.3 is 5.97 Å². The molecule has 0 aromatic carbocycles. The van der Waals surface area contributed by atoms with E-state index in [0.29, 0.717) is 5.56 Å². The van der Waals surface area contributed by atoms with Crippen LogP contribution in [0.3, 0.4) is 0 Å². The quantitative estimate of drug-likeness (QED) is 0.740. The SMILES string of the molecule is COC(=O)Cc1ccnc(C(F)F)c1OC. The Bertz CT molecular complexity index is 382. The minimum absolute atomic E-state index is 0.0668. The predicted molar refractivity (Wildman–Crippen MR) is 51.5 cm³/mol. The number of alkyl halides is 2. The molecule has 4 nitrogen and oxygen atoms in total. The van der Waals surface area contributed by atoms with E-state index in [1.807, 2.05) is 0 Å². The first-order valence-electron chi connectivity index (χ1n) is 4.46. The molecule has 0 amide bonds. The highest BCUT2D eigenvalue weighted by Gasteiger charge is 2.20. The molecule has 1 aromatic rings. The summed E-state index contributed by atoms with van der Waals surface area (Å²) in [5.74, 6) is -0.590. The van der Waals surface area contributed by atoms with Crippen LogP contribution in [-0.2, 0) is 16.0 Å². The van der Waals surface area contributed by atoms with Gasteiger partial charge in [-0.15, -0.1) is 0 Å². The van der Waals surface area contributed by atoms with Gasteiger partial charge in [-0.25, -0.2) is 8.78 Å². The van der Waals surface area contributed by atoms with Gasteiger partial charge in [0.15, 0.2) is 0 Å². The third-order valence-electron chi connectivity index (χ3n) is 1.99. The lowest BCUT2D eigenvalue weighted by molar-refractivity contribution is -0.139. The summed E-state index contributed by atoms with van der Waals surface area (Å²) in [4.78, 5) is 14.6. The lowest BCUT2D eigenvalue weighted by atomic mass is 10.1. The van der Waals surface area contributed by atoms with Crippen molar-refractivity contribution in [2.45, 2.75) is 12.8 Å². The van der Waals surface area contributed by atoms with E-state index < -0.39 is 18.1 Å². The summed E-state index contributed by atoms with van der Waals surface area (Å²) in [6, 6.07) is 1.45. The molecule has 0 saturated carbocycles. The monoisotopic (exact) mass is 231 g/mol. The summed E-state index contributed by atoms with van der Waals surface area (Å²) in [7, 11) is 2.48. The molecule has 0 spiro atoms. The van der Waals surface area contributed by atoms with Gasteiger partial charge in [-0.05, 0) is 6.07 Å². The zero-order valence-corrected chi connectivity index (χ0v) is 8.87. The molecular weight excluding hydrogens is 220 g/mol. The molecule has 0 aliphatic carbocycles. The van der Waals surface area contributed by atoms with Gasteiger partial charge < -0.3 is 9.47 Å². The highest BCUT2D eigenvalue weighted by molar-refractivity contribution is 5.73. The summed E-state index contributed by atoms with van der Waals surface area (Å²) in [6.45, 7) is 0. The number of carbonyl (C=O) groups is 1. The van der Waals surface area contributed by atoms with Crippen LogP contribution in [0.4, 0.5) is 8.78 Å². The molecule has 1 heterocycles. The maximum absolute atomic E-state index is 12.6. The Morgan fingerprint density at radius 2 is 2.19 bits per heavy atom. The number of aromatic nitrogens is 1. The highest BCUT2D eigenvalue weighted by atomic mass is 19.3. The molecule has 1 aromatic heterocycles. The molecule has 0 unspecified atom stereocenters. The molecule has 0 fully saturated rings. The van der Waals surface area contributed by atoms with Gasteiger partial charge in [0.2, 0.25) is 0 Å². The van der Waals surface area contributed by atoms with E-state index in [1.54, 1.807) is 0 Å². The Morgan fingerprint density at radius 3 is 2.69 bits per heavy atom. The van der Waals surface area contributed by atoms with Crippen molar-refractivity contribution in [1.29, 1.82) is 0 Å². The van der Waals surface area contributed by atoms with Gasteiger partial charge in [-0.3, -0.25) is 9.78 Å². The van der Waals surface area contributed by atoms with Crippen LogP contribution in [-0.4, -0.2) is 25.2 Å². The lowest BCUT2D eigenvalue weighted by Gasteiger charge is -2.11. The van der Waals surface area contributed by atoms with E-state index in [2.05, 4.69) is 9.72 Å². The van der Waals surface area contributed by atoms with E-state index in [0.717, 1.165) is 0 Å². The molecule has 1 rings (SSSR count). The van der Waals surface area contributed by atoms with Crippen LogP contribution < -0.4 is 4.74 Å². The van der Waals surface area contributed by atoms with Crippen LogP contribution in [0.2, 0.25) is 0 Å². The normalized spacial score (nSPS) is 10.3. The topological polar surface area (TPSA) is 48.4 Å². The number of ether oxygens (including phenoxy) is 2. The summed E-state index contributed by atoms with van der Waals surface area (Å²) in [5, 5.41) is 0. The number of esters is 1. The van der Waals surface area contributed by atoms with Crippen LogP contribution >= 0.6 is 0 Å². The van der Waals surface area contributed by atoms with E-state index in [1.165, 1.54) is 26.5 Å². The number of carbonyl (C=O) groups excluding carboxylic acids is 1. The second-order valence-electron chi connectivity index (χ2n) is 2.94. The first-order valence-corrected chi connectivity index (χ1v) is 4.46. The number of hydrogen-bond acceptors (Lipinski definition) is 4. The Morgan fingerprint density at radius 1 is 1.50 bits per heavy atom. The number of rotatable bonds is 4. The van der Waals surface area contributed by atoms with Gasteiger partial charge in [-0.1, -0.05) is 0 Å². The van der Waals surface area contributed by atoms with Crippen molar-refractivity contribution in [3.63, 3.8) is 0 Å². The number of pyridine rings is 1. The standard InChI is InChI=1S/C10H11F2NO3/c1-15-7(14)5-6-3-4-13-8(10(11)12)9(6)16-2/h3-4,10H,5H2,1-2H3. The molecule has 0 aliphatic rings. The van der Waals surface area contributed by atoms with Crippen molar-refractivity contribution in [2.75, 3.05) is 14.2 Å². The fraction of sp³-hybridized carbons (Fsp3) is 0.400. The van der Waals surface area contributed by atoms with Crippen molar-refractivity contribution in [3.05, 3.63) is 23.5 Å². The minimum atomic E-state index is -2.74. The molecule has 0 saturated heterocycles. The van der Waals surface area contributed by atoms with Crippen molar-refractivity contribution < 1.29 is 23.0 Å². The maximum atomic E-state index is 12.6. The van der Waals surface area contributed by atoms with E-state index in [4.69, 9.17) is 4.74 Å². The largest absolute Gasteiger partial charge is 0.494 e. The van der Waals surface area contributed by atoms with Crippen LogP contribution in [0, 0.1) is 0 Å². The number of methoxy groups -OCH3 is 2. The average molecular weight is 231 g/mol. The van der Waals surface area contributed by atoms with Gasteiger partial charge in [0.05, 0.1) is 20.6 Å². The van der Waals surface area contributed by atoms with Crippen LogP contribution in [0.25, 0.3) is 0 Å². The molecule has 16 heavy (non-hydrogen) atoms. The third kappa shape index (κ3) is 2.65. The fourth-order valence-corrected chi connectivity index (χ4v) is 1.26. The number of nitrogens with zero attached hydrogens (tertiary/aromatic N) is 1. The Hall–Kier alpha value is -1.72. The Balaban J connectivity index is 3.08. The molecule has 6 heteroatoms. The third-order valence-corrected chi connectivity index (χ3v) is 1.99. The second kappa shape index (κ2) is 5.39. The van der Waals surface area contributed by atoms with Crippen molar-refractivity contribution in [1.82, 2.24) is 4.98 Å². The van der Waals surface area contributed by atoms with Crippen molar-refractivity contribution >= 4 is 5.97 Å². The molecule has 88 valence electrons. The Labute approximate surface area is 91.2 Å². The van der Waals surface area contributed by atoms with Gasteiger partial charge in [0.25, 0.3) is 6.43 Å². The first kappa shape index (κ1) is 12.4. The predicted octanol–water partition coefficient (Wildman–Crippen LogP) is 1.74. The van der Waals surface area contributed by atoms with Gasteiger partial charge in [0.1, 0.15) is 11.4 Å². The van der Waals surface area contributed by atoms with E-state index >= 15 is 0 Å². The summed E-state index contributed by atoms with van der Waals surface area (Å²) in [5.41, 5.74) is -0.136. The van der Waals surface area contributed by atoms with Gasteiger partial charge in [-0.2, -0.15) is 0 Å². The fourth-order valence-electron chi connectivity index (χ4n) is 1.26. The second-order valence-corrected chi connectivity index (χ2v) is 2.94. The zero-order chi connectivity index (χ0) is 12.1. The van der Waals surface area contributed by atoms with E-state index in [-0.39, 0.29) is 12.2 Å². The molecule has 0 N–H and O–H groups in total. The zero-order valence-electron chi connectivity index (χ0n) is 8.87. The minimum Gasteiger partial charge on any atom is -0.494 e. The molecule has 0 bridgehead atoms. The Kier molecular flexibility index (Phi) is 4.16. The molecule has 0 aliphatic heterocycles. The van der Waals surface area contributed by atoms with Gasteiger partial charge in [0, 0.05) is 11.8 Å². The smallest absolute Gasteiger partial charge is 0.310 e. The highest BCUT2D eigenvalue weighted by Crippen LogP contribution is 2.30.